The summed E-state index contributed by atoms with van der Waals surface area (Å²) >= 11 is 3.99. The molecule has 3 aromatic rings. The van der Waals surface area contributed by atoms with E-state index in [0.29, 0.717) is 6.42 Å². The molecule has 1 aromatic heterocycles. The van der Waals surface area contributed by atoms with Crippen molar-refractivity contribution in [2.45, 2.75) is 57.3 Å². The summed E-state index contributed by atoms with van der Waals surface area (Å²) < 4.78 is 0. The number of benzene rings is 2. The van der Waals surface area contributed by atoms with Crippen LogP contribution in [0.1, 0.15) is 31.4 Å². The highest BCUT2D eigenvalue weighted by Crippen LogP contribution is 2.19. The predicted octanol–water partition coefficient (Wildman–Crippen LogP) is 1.80. The average Bonchev–Trinajstić information content (AvgIpc) is 3.36. The first kappa shape index (κ1) is 30.7. The number of H-pyrrole nitrogens is 1. The van der Waals surface area contributed by atoms with E-state index < -0.39 is 47.9 Å². The Labute approximate surface area is 238 Å². The fourth-order valence-electron chi connectivity index (χ4n) is 4.37. The van der Waals surface area contributed by atoms with Crippen molar-refractivity contribution >= 4 is 47.2 Å². The van der Waals surface area contributed by atoms with Crippen LogP contribution in [0.3, 0.4) is 0 Å². The van der Waals surface area contributed by atoms with E-state index in [4.69, 9.17) is 5.73 Å². The van der Waals surface area contributed by atoms with Crippen LogP contribution in [0.5, 0.6) is 0 Å². The van der Waals surface area contributed by atoms with Crippen LogP contribution < -0.4 is 21.7 Å². The Kier molecular flexibility index (Phi) is 11.2. The molecular formula is C29H37N5O5S. The van der Waals surface area contributed by atoms with Gasteiger partial charge in [-0.3, -0.25) is 14.4 Å². The summed E-state index contributed by atoms with van der Waals surface area (Å²) in [6.07, 6.45) is 2.79. The van der Waals surface area contributed by atoms with Crippen LogP contribution >= 0.6 is 12.6 Å². The molecule has 0 saturated heterocycles. The van der Waals surface area contributed by atoms with Crippen molar-refractivity contribution in [2.75, 3.05) is 5.75 Å². The topological polar surface area (TPSA) is 166 Å². The van der Waals surface area contributed by atoms with Crippen LogP contribution in [0.2, 0.25) is 0 Å². The number of nitrogens with one attached hydrogen (secondary N) is 4. The Bertz CT molecular complexity index is 1310. The number of amides is 3. The second-order valence-corrected chi connectivity index (χ2v) is 10.2. The smallest absolute Gasteiger partial charge is 0.327 e. The van der Waals surface area contributed by atoms with Gasteiger partial charge in [-0.05, 0) is 29.5 Å². The number of carbonyl (C=O) groups excluding carboxylic acids is 3. The van der Waals surface area contributed by atoms with Gasteiger partial charge in [-0.2, -0.15) is 12.6 Å². The van der Waals surface area contributed by atoms with Crippen LogP contribution in [0, 0.1) is 5.92 Å². The van der Waals surface area contributed by atoms with E-state index in [-0.39, 0.29) is 24.5 Å². The summed E-state index contributed by atoms with van der Waals surface area (Å²) in [5.41, 5.74) is 8.90. The van der Waals surface area contributed by atoms with Gasteiger partial charge in [0.1, 0.15) is 18.1 Å². The number of nitrogens with two attached hydrogens (primary N) is 1. The molecular weight excluding hydrogens is 530 g/mol. The molecule has 1 heterocycles. The van der Waals surface area contributed by atoms with Crippen molar-refractivity contribution in [3.63, 3.8) is 0 Å². The number of thiol groups is 1. The zero-order chi connectivity index (χ0) is 29.2. The van der Waals surface area contributed by atoms with Crippen molar-refractivity contribution in [1.29, 1.82) is 0 Å². The van der Waals surface area contributed by atoms with Crippen molar-refractivity contribution < 1.29 is 24.3 Å². The van der Waals surface area contributed by atoms with Crippen LogP contribution in [0.15, 0.2) is 60.8 Å². The predicted molar refractivity (Wildman–Crippen MR) is 157 cm³/mol. The average molecular weight is 568 g/mol. The highest BCUT2D eigenvalue weighted by atomic mass is 32.1. The van der Waals surface area contributed by atoms with Gasteiger partial charge in [-0.1, -0.05) is 68.8 Å². The van der Waals surface area contributed by atoms with Gasteiger partial charge in [0, 0.05) is 29.3 Å². The van der Waals surface area contributed by atoms with Gasteiger partial charge in [-0.25, -0.2) is 4.79 Å². The first-order chi connectivity index (χ1) is 19.1. The first-order valence-electron chi connectivity index (χ1n) is 13.2. The molecule has 11 heteroatoms. The van der Waals surface area contributed by atoms with Gasteiger partial charge in [0.2, 0.25) is 17.7 Å². The van der Waals surface area contributed by atoms with Crippen molar-refractivity contribution in [2.24, 2.45) is 11.7 Å². The van der Waals surface area contributed by atoms with Gasteiger partial charge in [0.25, 0.3) is 0 Å². The van der Waals surface area contributed by atoms with E-state index in [0.717, 1.165) is 22.0 Å². The number of fused-ring (bicyclic) bond motifs is 1. The molecule has 2 aromatic carbocycles. The fraction of sp³-hybridized carbons (Fsp3) is 0.379. The number of carbonyl (C=O) groups is 4. The molecule has 0 aliphatic rings. The van der Waals surface area contributed by atoms with Crippen LogP contribution in [0.4, 0.5) is 0 Å². The second kappa shape index (κ2) is 14.5. The number of aromatic nitrogens is 1. The van der Waals surface area contributed by atoms with Crippen LogP contribution in [-0.4, -0.2) is 63.7 Å². The van der Waals surface area contributed by atoms with Gasteiger partial charge in [0.05, 0.1) is 6.04 Å². The third kappa shape index (κ3) is 8.09. The zero-order valence-corrected chi connectivity index (χ0v) is 23.5. The Balaban J connectivity index is 1.78. The molecule has 0 saturated carbocycles. The van der Waals surface area contributed by atoms with Gasteiger partial charge in [0.15, 0.2) is 0 Å². The van der Waals surface area contributed by atoms with E-state index >= 15 is 0 Å². The minimum Gasteiger partial charge on any atom is -0.480 e. The van der Waals surface area contributed by atoms with Crippen molar-refractivity contribution in [3.8, 4) is 0 Å². The molecule has 214 valence electrons. The third-order valence-corrected chi connectivity index (χ3v) is 7.32. The second-order valence-electron chi connectivity index (χ2n) is 9.87. The summed E-state index contributed by atoms with van der Waals surface area (Å²) in [6, 6.07) is 12.7. The summed E-state index contributed by atoms with van der Waals surface area (Å²) in [4.78, 5) is 54.3. The molecule has 0 fully saturated rings. The monoisotopic (exact) mass is 567 g/mol. The molecule has 0 spiro atoms. The van der Waals surface area contributed by atoms with Gasteiger partial charge < -0.3 is 31.8 Å². The molecule has 0 aliphatic heterocycles. The lowest BCUT2D eigenvalue weighted by Gasteiger charge is -2.28. The highest BCUT2D eigenvalue weighted by molar-refractivity contribution is 7.80. The molecule has 3 amide bonds. The largest absolute Gasteiger partial charge is 0.480 e. The van der Waals surface area contributed by atoms with E-state index in [1.807, 2.05) is 67.7 Å². The molecule has 10 nitrogen and oxygen atoms in total. The summed E-state index contributed by atoms with van der Waals surface area (Å²) in [7, 11) is 0. The minimum atomic E-state index is -1.23. The summed E-state index contributed by atoms with van der Waals surface area (Å²) in [6.45, 7) is 3.64. The van der Waals surface area contributed by atoms with Crippen molar-refractivity contribution in [3.05, 3.63) is 71.9 Å². The number of para-hydroxylation sites is 1. The lowest BCUT2D eigenvalue weighted by Crippen LogP contribution is -2.59. The number of aliphatic carboxylic acids is 1. The lowest BCUT2D eigenvalue weighted by molar-refractivity contribution is -0.142. The number of hydrogen-bond acceptors (Lipinski definition) is 6. The van der Waals surface area contributed by atoms with Crippen molar-refractivity contribution in [1.82, 2.24) is 20.9 Å². The molecule has 7 N–H and O–H groups in total. The number of carboxylic acids is 1. The summed E-state index contributed by atoms with van der Waals surface area (Å²) in [5.74, 6) is -3.36. The molecule has 40 heavy (non-hydrogen) atoms. The Hall–Kier alpha value is -3.83. The number of aromatic amines is 1. The Morgan fingerprint density at radius 3 is 2.20 bits per heavy atom. The highest BCUT2D eigenvalue weighted by Gasteiger charge is 2.32. The van der Waals surface area contributed by atoms with Gasteiger partial charge >= 0.3 is 5.97 Å². The molecule has 0 radical (unpaired) electrons. The normalized spacial score (nSPS) is 14.9. The van der Waals surface area contributed by atoms with E-state index in [1.54, 1.807) is 6.92 Å². The van der Waals surface area contributed by atoms with E-state index in [2.05, 4.69) is 33.6 Å². The first-order valence-corrected chi connectivity index (χ1v) is 13.9. The maximum Gasteiger partial charge on any atom is 0.327 e. The quantitative estimate of drug-likeness (QED) is 0.147. The lowest BCUT2D eigenvalue weighted by atomic mass is 9.96. The number of rotatable bonds is 14. The molecule has 5 atom stereocenters. The number of carboxylic acid groups (broad SMARTS) is 1. The van der Waals surface area contributed by atoms with Crippen LogP contribution in [0.25, 0.3) is 10.9 Å². The maximum absolute atomic E-state index is 13.5. The summed E-state index contributed by atoms with van der Waals surface area (Å²) in [5, 5.41) is 18.2. The molecule has 0 bridgehead atoms. The minimum absolute atomic E-state index is 0.108. The maximum atomic E-state index is 13.5. The van der Waals surface area contributed by atoms with Gasteiger partial charge in [-0.15, -0.1) is 0 Å². The Morgan fingerprint density at radius 2 is 1.55 bits per heavy atom. The zero-order valence-electron chi connectivity index (χ0n) is 22.6. The molecule has 0 aliphatic carbocycles. The third-order valence-electron chi connectivity index (χ3n) is 6.96. The van der Waals surface area contributed by atoms with E-state index in [1.165, 1.54) is 0 Å². The molecule has 3 rings (SSSR count). The Morgan fingerprint density at radius 1 is 0.900 bits per heavy atom. The molecule has 5 unspecified atom stereocenters. The SMILES string of the molecule is CCC(C)C(NC(=O)C(Cc1ccccc1)NC(=O)C(N)Cc1c[nH]c2ccccc12)C(=O)NC(CS)C(=O)O. The van der Waals surface area contributed by atoms with E-state index in [9.17, 15) is 24.3 Å². The standard InChI is InChI=1S/C29H37N5O5S/c1-3-17(2)25(28(37)33-24(16-40)29(38)39)34-27(36)23(13-18-9-5-4-6-10-18)32-26(35)21(30)14-19-15-31-22-12-8-7-11-20(19)22/h4-12,15,17,21,23-25,31,40H,3,13-14,16,30H2,1-2H3,(H,32,35)(H,33,37)(H,34,36)(H,38,39). The number of hydrogen-bond donors (Lipinski definition) is 7. The van der Waals surface area contributed by atoms with Crippen LogP contribution in [-0.2, 0) is 32.0 Å². The fourth-order valence-corrected chi connectivity index (χ4v) is 4.62.